The van der Waals surface area contributed by atoms with Crippen LogP contribution in [0.1, 0.15) is 23.1 Å². The van der Waals surface area contributed by atoms with Crippen molar-refractivity contribution in [3.63, 3.8) is 0 Å². The Labute approximate surface area is 238 Å². The fraction of sp³-hybridized carbons (Fsp3) is 0.250. The van der Waals surface area contributed by atoms with Gasteiger partial charge in [-0.1, -0.05) is 12.0 Å². The summed E-state index contributed by atoms with van der Waals surface area (Å²) >= 11 is 0. The first-order valence-electron chi connectivity index (χ1n) is 13.6. The molecule has 0 spiro atoms. The standard InChI is InChI=1S/C32H28N8O/c1-4-22-6-5-21(9-30(22)41-3)16-39-27-11-28(39)20-38(19-27)31-8-7-23(13-34-31)29-10-24(26-15-35-37(2)17-26)18-40-32(29)25(12-33)14-36-40/h1,5-10,13-15,17-18,27-28H,11,16,19-20H2,2-3H3. The summed E-state index contributed by atoms with van der Waals surface area (Å²) in [5.74, 6) is 4.40. The molecule has 3 aliphatic rings. The van der Waals surface area contributed by atoms with Crippen LogP contribution in [0.2, 0.25) is 0 Å². The van der Waals surface area contributed by atoms with Gasteiger partial charge in [-0.25, -0.2) is 9.50 Å². The topological polar surface area (TPSA) is 87.5 Å². The van der Waals surface area contributed by atoms with E-state index in [1.54, 1.807) is 22.5 Å². The summed E-state index contributed by atoms with van der Waals surface area (Å²) < 4.78 is 9.02. The number of terminal acetylenes is 1. The van der Waals surface area contributed by atoms with Crippen molar-refractivity contribution in [2.45, 2.75) is 25.0 Å². The van der Waals surface area contributed by atoms with Gasteiger partial charge in [0.05, 0.1) is 36.1 Å². The van der Waals surface area contributed by atoms with Crippen LogP contribution in [0.15, 0.2) is 67.4 Å². The lowest BCUT2D eigenvalue weighted by Crippen LogP contribution is -2.68. The first-order chi connectivity index (χ1) is 20.0. The van der Waals surface area contributed by atoms with Crippen LogP contribution in [0.5, 0.6) is 5.75 Å². The van der Waals surface area contributed by atoms with E-state index in [1.165, 1.54) is 12.0 Å². The number of pyridine rings is 2. The molecule has 0 aliphatic carbocycles. The molecular weight excluding hydrogens is 512 g/mol. The molecule has 7 heterocycles. The highest BCUT2D eigenvalue weighted by Gasteiger charge is 2.44. The Bertz CT molecular complexity index is 1840. The Morgan fingerprint density at radius 2 is 1.83 bits per heavy atom. The maximum absolute atomic E-state index is 9.74. The maximum atomic E-state index is 9.74. The number of aromatic nitrogens is 5. The van der Waals surface area contributed by atoms with E-state index in [0.717, 1.165) is 64.5 Å². The fourth-order valence-electron chi connectivity index (χ4n) is 6.18. The summed E-state index contributed by atoms with van der Waals surface area (Å²) in [6, 6.07) is 15.6. The lowest BCUT2D eigenvalue weighted by Gasteiger charge is -2.56. The molecule has 8 rings (SSSR count). The Balaban J connectivity index is 1.12. The molecule has 0 amide bonds. The van der Waals surface area contributed by atoms with Crippen molar-refractivity contribution < 1.29 is 4.74 Å². The van der Waals surface area contributed by atoms with Gasteiger partial charge in [0.1, 0.15) is 17.6 Å². The van der Waals surface area contributed by atoms with Crippen molar-refractivity contribution in [1.82, 2.24) is 29.3 Å². The highest BCUT2D eigenvalue weighted by molar-refractivity contribution is 5.87. The molecule has 0 radical (unpaired) electrons. The largest absolute Gasteiger partial charge is 0.495 e. The lowest BCUT2D eigenvalue weighted by molar-refractivity contribution is -0.00871. The van der Waals surface area contributed by atoms with Crippen LogP contribution in [0.25, 0.3) is 27.8 Å². The van der Waals surface area contributed by atoms with Crippen LogP contribution < -0.4 is 9.64 Å². The average Bonchev–Trinajstić information content (AvgIpc) is 3.65. The molecular formula is C32H28N8O. The SMILES string of the molecule is C#Cc1ccc(CN2C3CC2CN(c2ccc(-c4cc(-c5cnn(C)c5)cn5ncc(C#N)c45)cn2)C3)cc1OC. The quantitative estimate of drug-likeness (QED) is 0.300. The van der Waals surface area contributed by atoms with Crippen molar-refractivity contribution in [3.05, 3.63) is 84.1 Å². The molecule has 2 unspecified atom stereocenters. The van der Waals surface area contributed by atoms with Gasteiger partial charge in [0, 0.05) is 79.6 Å². The van der Waals surface area contributed by atoms with Gasteiger partial charge >= 0.3 is 0 Å². The van der Waals surface area contributed by atoms with Gasteiger partial charge in [-0.3, -0.25) is 9.58 Å². The Kier molecular flexibility index (Phi) is 5.96. The number of anilines is 1. The zero-order valence-corrected chi connectivity index (χ0v) is 22.9. The number of piperidine rings is 1. The summed E-state index contributed by atoms with van der Waals surface area (Å²) in [6.45, 7) is 2.75. The van der Waals surface area contributed by atoms with Crippen molar-refractivity contribution in [3.8, 4) is 46.4 Å². The second-order valence-electron chi connectivity index (χ2n) is 10.7. The number of aryl methyl sites for hydroxylation is 1. The zero-order valence-electron chi connectivity index (χ0n) is 22.9. The van der Waals surface area contributed by atoms with Gasteiger partial charge < -0.3 is 9.64 Å². The highest BCUT2D eigenvalue weighted by Crippen LogP contribution is 2.37. The maximum Gasteiger partial charge on any atom is 0.134 e. The molecule has 0 saturated carbocycles. The molecule has 41 heavy (non-hydrogen) atoms. The van der Waals surface area contributed by atoms with Crippen LogP contribution in [0.3, 0.4) is 0 Å². The molecule has 9 heteroatoms. The Hall–Kier alpha value is -5.12. The summed E-state index contributed by atoms with van der Waals surface area (Å²) in [6.07, 6.45) is 16.0. The molecule has 5 aromatic rings. The third-order valence-corrected chi connectivity index (χ3v) is 8.28. The summed E-state index contributed by atoms with van der Waals surface area (Å²) in [7, 11) is 3.55. The van der Waals surface area contributed by atoms with Crippen LogP contribution in [-0.4, -0.2) is 61.6 Å². The molecule has 4 aromatic heterocycles. The number of hydrogen-bond acceptors (Lipinski definition) is 7. The molecule has 9 nitrogen and oxygen atoms in total. The number of nitrogens with zero attached hydrogens (tertiary/aromatic N) is 8. The summed E-state index contributed by atoms with van der Waals surface area (Å²) in [5, 5.41) is 18.5. The van der Waals surface area contributed by atoms with E-state index in [2.05, 4.69) is 62.3 Å². The van der Waals surface area contributed by atoms with Crippen LogP contribution in [-0.2, 0) is 13.6 Å². The smallest absolute Gasteiger partial charge is 0.134 e. The number of benzene rings is 1. The third-order valence-electron chi connectivity index (χ3n) is 8.28. The van der Waals surface area contributed by atoms with Gasteiger partial charge in [0.15, 0.2) is 0 Å². The van der Waals surface area contributed by atoms with Crippen molar-refractivity contribution in [1.29, 1.82) is 5.26 Å². The Morgan fingerprint density at radius 3 is 2.51 bits per heavy atom. The Morgan fingerprint density at radius 1 is 0.976 bits per heavy atom. The molecule has 3 aliphatic heterocycles. The molecule has 2 bridgehead atoms. The van der Waals surface area contributed by atoms with Crippen molar-refractivity contribution in [2.24, 2.45) is 7.05 Å². The third kappa shape index (κ3) is 4.28. The molecule has 1 aromatic carbocycles. The first-order valence-corrected chi connectivity index (χ1v) is 13.6. The number of nitriles is 1. The minimum absolute atomic E-state index is 0.481. The van der Waals surface area contributed by atoms with E-state index < -0.39 is 0 Å². The molecule has 0 N–H and O–H groups in total. The number of piperazine rings is 1. The van der Waals surface area contributed by atoms with Crippen LogP contribution in [0.4, 0.5) is 5.82 Å². The van der Waals surface area contributed by atoms with E-state index >= 15 is 0 Å². The summed E-state index contributed by atoms with van der Waals surface area (Å²) in [4.78, 5) is 9.83. The predicted molar refractivity (Wildman–Crippen MR) is 156 cm³/mol. The van der Waals surface area contributed by atoms with Crippen LogP contribution >= 0.6 is 0 Å². The number of rotatable bonds is 6. The molecule has 3 fully saturated rings. The van der Waals surface area contributed by atoms with Gasteiger partial charge in [0.25, 0.3) is 0 Å². The van der Waals surface area contributed by atoms with E-state index in [4.69, 9.17) is 16.1 Å². The monoisotopic (exact) mass is 540 g/mol. The number of fused-ring (bicyclic) bond motifs is 3. The van der Waals surface area contributed by atoms with Gasteiger partial charge in [-0.2, -0.15) is 15.5 Å². The highest BCUT2D eigenvalue weighted by atomic mass is 16.5. The second kappa shape index (κ2) is 9.81. The van der Waals surface area contributed by atoms with Gasteiger partial charge in [-0.05, 0) is 42.3 Å². The average molecular weight is 541 g/mol. The van der Waals surface area contributed by atoms with Gasteiger partial charge in [0.2, 0.25) is 0 Å². The van der Waals surface area contributed by atoms with Crippen molar-refractivity contribution >= 4 is 11.3 Å². The normalized spacial score (nSPS) is 18.1. The van der Waals surface area contributed by atoms with Crippen molar-refractivity contribution in [2.75, 3.05) is 25.1 Å². The minimum Gasteiger partial charge on any atom is -0.495 e. The number of methoxy groups -OCH3 is 1. The molecule has 202 valence electrons. The molecule has 3 saturated heterocycles. The van der Waals surface area contributed by atoms with Gasteiger partial charge in [-0.15, -0.1) is 6.42 Å². The van der Waals surface area contributed by atoms with E-state index in [0.29, 0.717) is 17.6 Å². The predicted octanol–water partition coefficient (Wildman–Crippen LogP) is 4.12. The second-order valence-corrected chi connectivity index (χ2v) is 10.7. The van der Waals surface area contributed by atoms with E-state index in [1.807, 2.05) is 37.9 Å². The first kappa shape index (κ1) is 24.9. The van der Waals surface area contributed by atoms with E-state index in [9.17, 15) is 5.26 Å². The lowest BCUT2D eigenvalue weighted by atomic mass is 9.86. The number of ether oxygens (including phenoxy) is 1. The van der Waals surface area contributed by atoms with E-state index in [-0.39, 0.29) is 0 Å². The minimum atomic E-state index is 0.481. The summed E-state index contributed by atoms with van der Waals surface area (Å²) in [5.41, 5.74) is 7.11. The fourth-order valence-corrected chi connectivity index (χ4v) is 6.18. The van der Waals surface area contributed by atoms with Crippen LogP contribution in [0, 0.1) is 23.7 Å². The molecule has 2 atom stereocenters. The number of hydrogen-bond donors (Lipinski definition) is 0. The zero-order chi connectivity index (χ0) is 28.1.